The van der Waals surface area contributed by atoms with Crippen LogP contribution in [0.3, 0.4) is 0 Å². The summed E-state index contributed by atoms with van der Waals surface area (Å²) >= 11 is 12.2. The molecule has 0 saturated heterocycles. The van der Waals surface area contributed by atoms with Gasteiger partial charge in [0, 0.05) is 11.1 Å². The predicted octanol–water partition coefficient (Wildman–Crippen LogP) is 2.85. The highest BCUT2D eigenvalue weighted by atomic mass is 35.5. The molecule has 2 rings (SSSR count). The number of carboxylic acid groups (broad SMARTS) is 1. The third kappa shape index (κ3) is 3.18. The summed E-state index contributed by atoms with van der Waals surface area (Å²) in [6.07, 6.45) is 1.31. The minimum Gasteiger partial charge on any atom is -0.480 e. The molecule has 1 aromatic carbocycles. The summed E-state index contributed by atoms with van der Waals surface area (Å²) in [6.45, 7) is 2.64. The van der Waals surface area contributed by atoms with E-state index in [1.807, 2.05) is 0 Å². The molecular formula is C13H15Cl2NO4S. The van der Waals surface area contributed by atoms with Gasteiger partial charge < -0.3 is 5.11 Å². The Labute approximate surface area is 133 Å². The van der Waals surface area contributed by atoms with Crippen LogP contribution < -0.4 is 0 Å². The molecule has 1 N–H and O–H groups in total. The van der Waals surface area contributed by atoms with Crippen LogP contribution >= 0.6 is 23.2 Å². The molecule has 0 radical (unpaired) electrons. The summed E-state index contributed by atoms with van der Waals surface area (Å²) in [4.78, 5) is 10.9. The molecule has 0 aliphatic heterocycles. The summed E-state index contributed by atoms with van der Waals surface area (Å²) in [5.74, 6) is -1.20. The number of aryl methyl sites for hydroxylation is 1. The molecular weight excluding hydrogens is 337 g/mol. The van der Waals surface area contributed by atoms with Crippen molar-refractivity contribution in [3.8, 4) is 0 Å². The number of benzene rings is 1. The SMILES string of the molecule is Cc1cc(Cl)c(C)c(S(=O)(=O)N(CC(=O)O)C2CC2)c1Cl. The first-order chi connectivity index (χ1) is 9.66. The van der Waals surface area contributed by atoms with E-state index in [0.29, 0.717) is 29.0 Å². The van der Waals surface area contributed by atoms with Crippen LogP contribution in [0.15, 0.2) is 11.0 Å². The molecule has 0 atom stereocenters. The quantitative estimate of drug-likeness (QED) is 0.884. The smallest absolute Gasteiger partial charge is 0.318 e. The highest BCUT2D eigenvalue weighted by molar-refractivity contribution is 7.89. The summed E-state index contributed by atoms with van der Waals surface area (Å²) in [7, 11) is -4.00. The first-order valence-corrected chi connectivity index (χ1v) is 8.54. The van der Waals surface area contributed by atoms with Gasteiger partial charge in [-0.3, -0.25) is 4.79 Å². The second-order valence-corrected chi connectivity index (χ2v) is 7.73. The standard InChI is InChI=1S/C13H15Cl2NO4S/c1-7-5-10(14)8(2)13(12(7)15)21(19,20)16(6-11(17)18)9-3-4-9/h5,9H,3-4,6H2,1-2H3,(H,17,18). The van der Waals surface area contributed by atoms with Crippen molar-refractivity contribution >= 4 is 39.2 Å². The number of sulfonamides is 1. The Morgan fingerprint density at radius 2 is 1.95 bits per heavy atom. The number of nitrogens with zero attached hydrogens (tertiary/aromatic N) is 1. The molecule has 1 fully saturated rings. The minimum atomic E-state index is -4.00. The van der Waals surface area contributed by atoms with Gasteiger partial charge in [0.2, 0.25) is 10.0 Å². The zero-order valence-corrected chi connectivity index (χ0v) is 13.9. The van der Waals surface area contributed by atoms with Crippen LogP contribution in [-0.2, 0) is 14.8 Å². The van der Waals surface area contributed by atoms with Crippen LogP contribution in [0.4, 0.5) is 0 Å². The van der Waals surface area contributed by atoms with Gasteiger partial charge in [-0.2, -0.15) is 4.31 Å². The van der Waals surface area contributed by atoms with Crippen molar-refractivity contribution in [3.63, 3.8) is 0 Å². The molecule has 1 aromatic rings. The lowest BCUT2D eigenvalue weighted by atomic mass is 10.2. The van der Waals surface area contributed by atoms with Crippen molar-refractivity contribution in [2.24, 2.45) is 0 Å². The van der Waals surface area contributed by atoms with Crippen molar-refractivity contribution in [1.29, 1.82) is 0 Å². The van der Waals surface area contributed by atoms with E-state index in [1.165, 1.54) is 0 Å². The van der Waals surface area contributed by atoms with Gasteiger partial charge in [0.25, 0.3) is 0 Å². The molecule has 0 unspecified atom stereocenters. The number of hydrogen-bond donors (Lipinski definition) is 1. The Morgan fingerprint density at radius 1 is 1.38 bits per heavy atom. The van der Waals surface area contributed by atoms with E-state index in [1.54, 1.807) is 19.9 Å². The second kappa shape index (κ2) is 5.76. The number of rotatable bonds is 5. The van der Waals surface area contributed by atoms with Crippen molar-refractivity contribution in [3.05, 3.63) is 27.2 Å². The molecule has 21 heavy (non-hydrogen) atoms. The average molecular weight is 352 g/mol. The van der Waals surface area contributed by atoms with Gasteiger partial charge in [0.1, 0.15) is 11.4 Å². The molecule has 0 amide bonds. The number of carbonyl (C=O) groups is 1. The topological polar surface area (TPSA) is 74.7 Å². The average Bonchev–Trinajstić information content (AvgIpc) is 3.17. The summed E-state index contributed by atoms with van der Waals surface area (Å²) < 4.78 is 26.6. The van der Waals surface area contributed by atoms with Crippen LogP contribution in [0.1, 0.15) is 24.0 Å². The first-order valence-electron chi connectivity index (χ1n) is 6.35. The maximum Gasteiger partial charge on any atom is 0.318 e. The fraction of sp³-hybridized carbons (Fsp3) is 0.462. The maximum absolute atomic E-state index is 12.8. The largest absolute Gasteiger partial charge is 0.480 e. The predicted molar refractivity (Wildman–Crippen MR) is 80.5 cm³/mol. The van der Waals surface area contributed by atoms with Crippen LogP contribution in [0.25, 0.3) is 0 Å². The Kier molecular flexibility index (Phi) is 4.54. The minimum absolute atomic E-state index is 0.0907. The van der Waals surface area contributed by atoms with Gasteiger partial charge in [-0.1, -0.05) is 23.2 Å². The normalized spacial score (nSPS) is 15.5. The van der Waals surface area contributed by atoms with Gasteiger partial charge >= 0.3 is 5.97 Å². The van der Waals surface area contributed by atoms with E-state index in [2.05, 4.69) is 0 Å². The van der Waals surface area contributed by atoms with Gasteiger partial charge in [-0.05, 0) is 43.9 Å². The Bertz CT molecular complexity index is 672. The molecule has 8 heteroatoms. The third-order valence-corrected chi connectivity index (χ3v) is 6.46. The lowest BCUT2D eigenvalue weighted by Crippen LogP contribution is -2.38. The fourth-order valence-corrected chi connectivity index (χ4v) is 4.95. The number of carboxylic acids is 1. The fourth-order valence-electron chi connectivity index (χ4n) is 2.14. The molecule has 5 nitrogen and oxygen atoms in total. The van der Waals surface area contributed by atoms with Gasteiger partial charge in [0.15, 0.2) is 0 Å². The number of hydrogen-bond acceptors (Lipinski definition) is 3. The third-order valence-electron chi connectivity index (χ3n) is 3.40. The van der Waals surface area contributed by atoms with Crippen molar-refractivity contribution < 1.29 is 18.3 Å². The molecule has 1 aliphatic rings. The van der Waals surface area contributed by atoms with E-state index < -0.39 is 22.5 Å². The van der Waals surface area contributed by atoms with Crippen molar-refractivity contribution in [1.82, 2.24) is 4.31 Å². The summed E-state index contributed by atoms with van der Waals surface area (Å²) in [5, 5.41) is 9.34. The van der Waals surface area contributed by atoms with E-state index in [9.17, 15) is 13.2 Å². The zero-order chi connectivity index (χ0) is 15.9. The molecule has 1 aliphatic carbocycles. The van der Waals surface area contributed by atoms with Gasteiger partial charge in [-0.25, -0.2) is 8.42 Å². The van der Waals surface area contributed by atoms with E-state index in [0.717, 1.165) is 4.31 Å². The van der Waals surface area contributed by atoms with Crippen molar-refractivity contribution in [2.45, 2.75) is 37.6 Å². The number of halogens is 2. The van der Waals surface area contributed by atoms with Crippen LogP contribution in [0, 0.1) is 13.8 Å². The van der Waals surface area contributed by atoms with Crippen molar-refractivity contribution in [2.75, 3.05) is 6.54 Å². The highest BCUT2D eigenvalue weighted by Crippen LogP contribution is 2.38. The monoisotopic (exact) mass is 351 g/mol. The lowest BCUT2D eigenvalue weighted by molar-refractivity contribution is -0.137. The van der Waals surface area contributed by atoms with Crippen LogP contribution in [0.5, 0.6) is 0 Å². The van der Waals surface area contributed by atoms with Crippen LogP contribution in [0.2, 0.25) is 10.0 Å². The molecule has 116 valence electrons. The molecule has 0 aromatic heterocycles. The molecule has 0 bridgehead atoms. The Hall–Kier alpha value is -0.820. The maximum atomic E-state index is 12.8. The van der Waals surface area contributed by atoms with E-state index in [-0.39, 0.29) is 16.0 Å². The second-order valence-electron chi connectivity index (χ2n) is 5.12. The van der Waals surface area contributed by atoms with Gasteiger partial charge in [0.05, 0.1) is 5.02 Å². The Morgan fingerprint density at radius 3 is 2.43 bits per heavy atom. The molecule has 1 saturated carbocycles. The van der Waals surface area contributed by atoms with Crippen LogP contribution in [-0.4, -0.2) is 36.4 Å². The summed E-state index contributed by atoms with van der Waals surface area (Å²) in [5.41, 5.74) is 0.875. The van der Waals surface area contributed by atoms with E-state index >= 15 is 0 Å². The van der Waals surface area contributed by atoms with E-state index in [4.69, 9.17) is 28.3 Å². The zero-order valence-electron chi connectivity index (χ0n) is 11.6. The van der Waals surface area contributed by atoms with Gasteiger partial charge in [-0.15, -0.1) is 0 Å². The highest BCUT2D eigenvalue weighted by Gasteiger charge is 2.41. The number of aliphatic carboxylic acids is 1. The first kappa shape index (κ1) is 16.5. The molecule has 0 heterocycles. The lowest BCUT2D eigenvalue weighted by Gasteiger charge is -2.22. The Balaban J connectivity index is 2.60. The summed E-state index contributed by atoms with van der Waals surface area (Å²) in [6, 6.07) is 1.32. The molecule has 0 spiro atoms.